The summed E-state index contributed by atoms with van der Waals surface area (Å²) in [5.74, 6) is 0.743. The van der Waals surface area contributed by atoms with Gasteiger partial charge in [0.15, 0.2) is 0 Å². The first-order chi connectivity index (χ1) is 8.14. The Kier molecular flexibility index (Phi) is 4.14. The Bertz CT molecular complexity index is 249. The highest BCUT2D eigenvalue weighted by Gasteiger charge is 2.52. The molecular formula is C15H29NO. The minimum absolute atomic E-state index is 0.275. The number of ether oxygens (including phenoxy) is 1. The molecule has 0 aromatic carbocycles. The van der Waals surface area contributed by atoms with Gasteiger partial charge in [0.1, 0.15) is 0 Å². The number of hydrogen-bond donors (Lipinski definition) is 1. The Morgan fingerprint density at radius 2 is 1.82 bits per heavy atom. The third kappa shape index (κ3) is 2.26. The molecule has 0 saturated heterocycles. The summed E-state index contributed by atoms with van der Waals surface area (Å²) < 4.78 is 6.43. The molecule has 0 spiro atoms. The average molecular weight is 239 g/mol. The van der Waals surface area contributed by atoms with Crippen LogP contribution in [0.5, 0.6) is 0 Å². The van der Waals surface area contributed by atoms with E-state index in [1.165, 1.54) is 25.7 Å². The van der Waals surface area contributed by atoms with Crippen LogP contribution in [0.1, 0.15) is 65.7 Å². The molecule has 0 amide bonds. The molecular weight excluding hydrogens is 210 g/mol. The van der Waals surface area contributed by atoms with Crippen LogP contribution in [0.15, 0.2) is 0 Å². The first-order valence-electron chi connectivity index (χ1n) is 7.55. The summed E-state index contributed by atoms with van der Waals surface area (Å²) in [6.45, 7) is 6.88. The lowest BCUT2D eigenvalue weighted by Gasteiger charge is -2.55. The molecule has 17 heavy (non-hydrogen) atoms. The van der Waals surface area contributed by atoms with Crippen molar-refractivity contribution in [2.45, 2.75) is 84.0 Å². The molecule has 0 heterocycles. The van der Waals surface area contributed by atoms with Crippen molar-refractivity contribution < 1.29 is 4.74 Å². The zero-order valence-corrected chi connectivity index (χ0v) is 11.7. The lowest BCUT2D eigenvalue weighted by atomic mass is 9.59. The minimum atomic E-state index is 0.275. The van der Waals surface area contributed by atoms with Crippen molar-refractivity contribution in [2.24, 2.45) is 17.1 Å². The average Bonchev–Trinajstić information content (AvgIpc) is 2.33. The Balaban J connectivity index is 1.94. The van der Waals surface area contributed by atoms with Gasteiger partial charge in [0.25, 0.3) is 0 Å². The SMILES string of the molecule is CCC1(CC)C(N)CC1OC1CCCCC1C. The van der Waals surface area contributed by atoms with Gasteiger partial charge in [-0.25, -0.2) is 0 Å². The van der Waals surface area contributed by atoms with E-state index in [0.29, 0.717) is 18.2 Å². The molecule has 2 rings (SSSR count). The zero-order chi connectivity index (χ0) is 12.5. The third-order valence-electron chi connectivity index (χ3n) is 5.54. The summed E-state index contributed by atoms with van der Waals surface area (Å²) in [5, 5.41) is 0. The minimum Gasteiger partial charge on any atom is -0.374 e. The second-order valence-electron chi connectivity index (χ2n) is 6.21. The van der Waals surface area contributed by atoms with Crippen molar-refractivity contribution in [1.82, 2.24) is 0 Å². The maximum atomic E-state index is 6.43. The van der Waals surface area contributed by atoms with Crippen molar-refractivity contribution in [3.8, 4) is 0 Å². The highest BCUT2D eigenvalue weighted by Crippen LogP contribution is 2.49. The van der Waals surface area contributed by atoms with E-state index in [1.54, 1.807) is 0 Å². The van der Waals surface area contributed by atoms with Crippen molar-refractivity contribution in [1.29, 1.82) is 0 Å². The summed E-state index contributed by atoms with van der Waals surface area (Å²) in [6.07, 6.45) is 9.66. The fourth-order valence-corrected chi connectivity index (χ4v) is 3.89. The van der Waals surface area contributed by atoms with E-state index in [1.807, 2.05) is 0 Å². The van der Waals surface area contributed by atoms with Crippen LogP contribution in [0.25, 0.3) is 0 Å². The Labute approximate surface area is 106 Å². The molecule has 0 radical (unpaired) electrons. The van der Waals surface area contributed by atoms with E-state index in [0.717, 1.165) is 25.2 Å². The molecule has 4 atom stereocenters. The molecule has 2 aliphatic rings. The standard InChI is InChI=1S/C15H29NO/c1-4-15(5-2)13(16)10-14(15)17-12-9-7-6-8-11(12)3/h11-14H,4-10,16H2,1-3H3. The molecule has 2 fully saturated rings. The van der Waals surface area contributed by atoms with Crippen LogP contribution in [0, 0.1) is 11.3 Å². The first-order valence-corrected chi connectivity index (χ1v) is 7.55. The molecule has 0 aliphatic heterocycles. The van der Waals surface area contributed by atoms with Crippen molar-refractivity contribution in [2.75, 3.05) is 0 Å². The normalized spacial score (nSPS) is 40.9. The summed E-state index contributed by atoms with van der Waals surface area (Å²) >= 11 is 0. The number of nitrogens with two attached hydrogens (primary N) is 1. The van der Waals surface area contributed by atoms with E-state index < -0.39 is 0 Å². The lowest BCUT2D eigenvalue weighted by Crippen LogP contribution is -2.62. The van der Waals surface area contributed by atoms with Gasteiger partial charge in [-0.15, -0.1) is 0 Å². The monoisotopic (exact) mass is 239 g/mol. The van der Waals surface area contributed by atoms with Gasteiger partial charge in [0.05, 0.1) is 12.2 Å². The van der Waals surface area contributed by atoms with Crippen LogP contribution in [0.3, 0.4) is 0 Å². The summed E-state index contributed by atoms with van der Waals surface area (Å²) in [4.78, 5) is 0. The summed E-state index contributed by atoms with van der Waals surface area (Å²) in [7, 11) is 0. The Hall–Kier alpha value is -0.0800. The van der Waals surface area contributed by atoms with Crippen LogP contribution in [0.4, 0.5) is 0 Å². The van der Waals surface area contributed by atoms with Crippen molar-refractivity contribution >= 4 is 0 Å². The molecule has 2 nitrogen and oxygen atoms in total. The Morgan fingerprint density at radius 1 is 1.18 bits per heavy atom. The van der Waals surface area contributed by atoms with Gasteiger partial charge in [-0.3, -0.25) is 0 Å². The van der Waals surface area contributed by atoms with Gasteiger partial charge >= 0.3 is 0 Å². The van der Waals surface area contributed by atoms with Gasteiger partial charge in [-0.05, 0) is 38.0 Å². The van der Waals surface area contributed by atoms with Crippen LogP contribution in [-0.2, 0) is 4.74 Å². The van der Waals surface area contributed by atoms with Crippen molar-refractivity contribution in [3.05, 3.63) is 0 Å². The topological polar surface area (TPSA) is 35.2 Å². The molecule has 4 unspecified atom stereocenters. The zero-order valence-electron chi connectivity index (χ0n) is 11.7. The molecule has 2 N–H and O–H groups in total. The van der Waals surface area contributed by atoms with Gasteiger partial charge in [0, 0.05) is 11.5 Å². The number of rotatable bonds is 4. The third-order valence-corrected chi connectivity index (χ3v) is 5.54. The predicted octanol–water partition coefficient (Wildman–Crippen LogP) is 3.49. The molecule has 0 aromatic heterocycles. The molecule has 2 heteroatoms. The van der Waals surface area contributed by atoms with Crippen molar-refractivity contribution in [3.63, 3.8) is 0 Å². The number of hydrogen-bond acceptors (Lipinski definition) is 2. The van der Waals surface area contributed by atoms with Gasteiger partial charge in [0.2, 0.25) is 0 Å². The van der Waals surface area contributed by atoms with E-state index in [2.05, 4.69) is 20.8 Å². The van der Waals surface area contributed by atoms with Crippen LogP contribution in [0.2, 0.25) is 0 Å². The summed E-state index contributed by atoms with van der Waals surface area (Å²) in [5.41, 5.74) is 6.50. The van der Waals surface area contributed by atoms with Crippen LogP contribution < -0.4 is 5.73 Å². The molecule has 2 saturated carbocycles. The van der Waals surface area contributed by atoms with Crippen LogP contribution >= 0.6 is 0 Å². The van der Waals surface area contributed by atoms with E-state index in [4.69, 9.17) is 10.5 Å². The fourth-order valence-electron chi connectivity index (χ4n) is 3.89. The fraction of sp³-hybridized carbons (Fsp3) is 1.00. The molecule has 0 bridgehead atoms. The lowest BCUT2D eigenvalue weighted by molar-refractivity contribution is -0.175. The molecule has 2 aliphatic carbocycles. The van der Waals surface area contributed by atoms with E-state index >= 15 is 0 Å². The first kappa shape index (κ1) is 13.4. The van der Waals surface area contributed by atoms with E-state index in [-0.39, 0.29) is 5.41 Å². The highest BCUT2D eigenvalue weighted by molar-refractivity contribution is 5.05. The predicted molar refractivity (Wildman–Crippen MR) is 71.9 cm³/mol. The highest BCUT2D eigenvalue weighted by atomic mass is 16.5. The second-order valence-corrected chi connectivity index (χ2v) is 6.21. The Morgan fingerprint density at radius 3 is 2.35 bits per heavy atom. The van der Waals surface area contributed by atoms with E-state index in [9.17, 15) is 0 Å². The quantitative estimate of drug-likeness (QED) is 0.815. The molecule has 100 valence electrons. The van der Waals surface area contributed by atoms with Gasteiger partial charge < -0.3 is 10.5 Å². The molecule has 0 aromatic rings. The maximum Gasteiger partial charge on any atom is 0.0664 e. The summed E-state index contributed by atoms with van der Waals surface area (Å²) in [6, 6.07) is 0.362. The second kappa shape index (κ2) is 5.27. The van der Waals surface area contributed by atoms with Gasteiger partial charge in [-0.2, -0.15) is 0 Å². The maximum absolute atomic E-state index is 6.43. The van der Waals surface area contributed by atoms with Crippen LogP contribution in [-0.4, -0.2) is 18.2 Å². The van der Waals surface area contributed by atoms with Gasteiger partial charge in [-0.1, -0.05) is 33.6 Å². The smallest absolute Gasteiger partial charge is 0.0664 e. The largest absolute Gasteiger partial charge is 0.374 e.